The molecule has 0 N–H and O–H groups in total. The number of fused-ring (bicyclic) bond motifs is 1. The van der Waals surface area contributed by atoms with Crippen LogP contribution in [0.25, 0.3) is 10.2 Å². The molecule has 8 heteroatoms. The molecule has 0 unspecified atom stereocenters. The van der Waals surface area contributed by atoms with Crippen molar-refractivity contribution in [3.63, 3.8) is 0 Å². The van der Waals surface area contributed by atoms with Gasteiger partial charge in [0.1, 0.15) is 0 Å². The second-order valence-corrected chi connectivity index (χ2v) is 7.46. The van der Waals surface area contributed by atoms with Gasteiger partial charge < -0.3 is 14.2 Å². The molecule has 158 valence electrons. The van der Waals surface area contributed by atoms with Crippen LogP contribution in [0.5, 0.6) is 11.5 Å². The zero-order valence-electron chi connectivity index (χ0n) is 17.2. The van der Waals surface area contributed by atoms with E-state index in [4.69, 9.17) is 14.2 Å². The van der Waals surface area contributed by atoms with E-state index >= 15 is 0 Å². The molecule has 2 aromatic carbocycles. The highest BCUT2D eigenvalue weighted by Gasteiger charge is 2.19. The Bertz CT molecular complexity index is 1000. The molecule has 30 heavy (non-hydrogen) atoms. The van der Waals surface area contributed by atoms with E-state index in [1.807, 2.05) is 43.3 Å². The minimum atomic E-state index is -0.432. The number of anilines is 1. The highest BCUT2D eigenvalue weighted by atomic mass is 32.1. The number of amides is 1. The number of rotatable bonds is 9. The largest absolute Gasteiger partial charge is 0.493 e. The number of carbonyl (C=O) groups is 2. The van der Waals surface area contributed by atoms with E-state index in [9.17, 15) is 9.59 Å². The van der Waals surface area contributed by atoms with Crippen LogP contribution >= 0.6 is 11.3 Å². The fraction of sp³-hybridized carbons (Fsp3) is 0.318. The fourth-order valence-electron chi connectivity index (χ4n) is 2.97. The van der Waals surface area contributed by atoms with E-state index in [2.05, 4.69) is 4.98 Å². The monoisotopic (exact) mass is 428 g/mol. The van der Waals surface area contributed by atoms with Crippen molar-refractivity contribution in [3.05, 3.63) is 48.0 Å². The van der Waals surface area contributed by atoms with Gasteiger partial charge in [0.25, 0.3) is 5.91 Å². The number of hydrogen-bond acceptors (Lipinski definition) is 7. The maximum Gasteiger partial charge on any atom is 0.306 e. The number of esters is 1. The molecule has 0 aliphatic rings. The Morgan fingerprint density at radius 1 is 1.07 bits per heavy atom. The number of likely N-dealkylation sites (N-methyl/N-ethyl adjacent to an activating group) is 1. The van der Waals surface area contributed by atoms with Gasteiger partial charge >= 0.3 is 5.97 Å². The molecule has 3 rings (SSSR count). The van der Waals surface area contributed by atoms with Gasteiger partial charge in [-0.2, -0.15) is 0 Å². The van der Waals surface area contributed by atoms with E-state index in [-0.39, 0.29) is 18.9 Å². The summed E-state index contributed by atoms with van der Waals surface area (Å²) in [5.41, 5.74) is 1.76. The topological polar surface area (TPSA) is 78.0 Å². The molecule has 7 nitrogen and oxygen atoms in total. The van der Waals surface area contributed by atoms with Gasteiger partial charge in [-0.3, -0.25) is 14.5 Å². The fourth-order valence-corrected chi connectivity index (χ4v) is 4.02. The Morgan fingerprint density at radius 3 is 2.53 bits per heavy atom. The van der Waals surface area contributed by atoms with Gasteiger partial charge in [-0.05, 0) is 43.2 Å². The lowest BCUT2D eigenvalue weighted by atomic mass is 10.1. The Balaban J connectivity index is 1.53. The van der Waals surface area contributed by atoms with Crippen molar-refractivity contribution in [3.8, 4) is 11.5 Å². The zero-order chi connectivity index (χ0) is 21.5. The average molecular weight is 429 g/mol. The SMILES string of the molecule is CCN(C(=O)COC(=O)CCc1ccc(OC)c(OC)c1)c1nc2ccccc2s1. The number of benzene rings is 2. The van der Waals surface area contributed by atoms with Crippen LogP contribution in [0, 0.1) is 0 Å². The lowest BCUT2D eigenvalue weighted by molar-refractivity contribution is -0.147. The van der Waals surface area contributed by atoms with Crippen molar-refractivity contribution in [2.75, 3.05) is 32.3 Å². The first kappa shape index (κ1) is 21.6. The van der Waals surface area contributed by atoms with Crippen LogP contribution in [0.2, 0.25) is 0 Å². The van der Waals surface area contributed by atoms with Crippen molar-refractivity contribution >= 4 is 38.6 Å². The summed E-state index contributed by atoms with van der Waals surface area (Å²) >= 11 is 1.44. The number of carbonyl (C=O) groups excluding carboxylic acids is 2. The summed E-state index contributed by atoms with van der Waals surface area (Å²) in [4.78, 5) is 30.7. The second kappa shape index (κ2) is 10.1. The van der Waals surface area contributed by atoms with Gasteiger partial charge in [-0.15, -0.1) is 0 Å². The number of aryl methyl sites for hydroxylation is 1. The molecule has 0 radical (unpaired) electrons. The summed E-state index contributed by atoms with van der Waals surface area (Å²) in [7, 11) is 3.13. The van der Waals surface area contributed by atoms with E-state index in [1.165, 1.54) is 16.2 Å². The molecule has 0 saturated carbocycles. The predicted octanol–water partition coefficient (Wildman–Crippen LogP) is 3.84. The van der Waals surface area contributed by atoms with E-state index in [1.54, 1.807) is 20.3 Å². The number of ether oxygens (including phenoxy) is 3. The molecule has 1 amide bonds. The normalized spacial score (nSPS) is 10.6. The Hall–Kier alpha value is -3.13. The van der Waals surface area contributed by atoms with Crippen LogP contribution in [0.15, 0.2) is 42.5 Å². The average Bonchev–Trinajstić information content (AvgIpc) is 3.20. The van der Waals surface area contributed by atoms with Gasteiger partial charge in [-0.25, -0.2) is 4.98 Å². The van der Waals surface area contributed by atoms with Gasteiger partial charge in [0.15, 0.2) is 23.2 Å². The summed E-state index contributed by atoms with van der Waals surface area (Å²) in [6.45, 7) is 2.00. The minimum Gasteiger partial charge on any atom is -0.493 e. The van der Waals surface area contributed by atoms with E-state index < -0.39 is 5.97 Å². The second-order valence-electron chi connectivity index (χ2n) is 6.45. The third kappa shape index (κ3) is 5.07. The Morgan fingerprint density at radius 2 is 1.83 bits per heavy atom. The summed E-state index contributed by atoms with van der Waals surface area (Å²) in [5, 5.41) is 0.602. The summed E-state index contributed by atoms with van der Waals surface area (Å²) in [6.07, 6.45) is 0.638. The van der Waals surface area contributed by atoms with E-state index in [0.717, 1.165) is 15.8 Å². The molecule has 0 spiro atoms. The minimum absolute atomic E-state index is 0.163. The molecule has 0 atom stereocenters. The van der Waals surface area contributed by atoms with Crippen molar-refractivity contribution in [2.45, 2.75) is 19.8 Å². The van der Waals surface area contributed by atoms with Crippen LogP contribution in [-0.2, 0) is 20.7 Å². The first-order valence-corrected chi connectivity index (χ1v) is 10.4. The van der Waals surface area contributed by atoms with Crippen molar-refractivity contribution in [1.82, 2.24) is 4.98 Å². The van der Waals surface area contributed by atoms with Crippen LogP contribution in [0.1, 0.15) is 18.9 Å². The number of aromatic nitrogens is 1. The number of thiazole rings is 1. The standard InChI is InChI=1S/C22H24N2O5S/c1-4-24(22-23-16-7-5-6-8-19(16)30-22)20(25)14-29-21(26)12-10-15-9-11-17(27-2)18(13-15)28-3/h5-9,11,13H,4,10,12,14H2,1-3H3. The van der Waals surface area contributed by atoms with Gasteiger partial charge in [0, 0.05) is 13.0 Å². The third-order valence-corrected chi connectivity index (χ3v) is 5.61. The summed E-state index contributed by atoms with van der Waals surface area (Å²) in [6, 6.07) is 13.2. The summed E-state index contributed by atoms with van der Waals surface area (Å²) in [5.74, 6) is 0.506. The smallest absolute Gasteiger partial charge is 0.306 e. The highest BCUT2D eigenvalue weighted by molar-refractivity contribution is 7.22. The van der Waals surface area contributed by atoms with Crippen molar-refractivity contribution in [1.29, 1.82) is 0 Å². The molecule has 0 saturated heterocycles. The van der Waals surface area contributed by atoms with Crippen LogP contribution < -0.4 is 14.4 Å². The first-order chi connectivity index (χ1) is 14.5. The van der Waals surface area contributed by atoms with Gasteiger partial charge in [0.2, 0.25) is 0 Å². The highest BCUT2D eigenvalue weighted by Crippen LogP contribution is 2.29. The first-order valence-electron chi connectivity index (χ1n) is 9.58. The van der Waals surface area contributed by atoms with E-state index in [0.29, 0.717) is 29.6 Å². The number of para-hydroxylation sites is 1. The maximum atomic E-state index is 12.6. The van der Waals surface area contributed by atoms with Crippen molar-refractivity contribution in [2.24, 2.45) is 0 Å². The van der Waals surface area contributed by atoms with Gasteiger partial charge in [0.05, 0.1) is 24.4 Å². The van der Waals surface area contributed by atoms with Crippen LogP contribution in [0.3, 0.4) is 0 Å². The lowest BCUT2D eigenvalue weighted by Gasteiger charge is -2.17. The number of methoxy groups -OCH3 is 2. The summed E-state index contributed by atoms with van der Waals surface area (Å²) < 4.78 is 16.7. The Kier molecular flexibility index (Phi) is 7.24. The Labute approximate surface area is 179 Å². The maximum absolute atomic E-state index is 12.6. The quantitative estimate of drug-likeness (QED) is 0.482. The molecule has 0 aliphatic heterocycles. The number of hydrogen-bond donors (Lipinski definition) is 0. The molecular weight excluding hydrogens is 404 g/mol. The molecular formula is C22H24N2O5S. The number of nitrogens with zero attached hydrogens (tertiary/aromatic N) is 2. The van der Waals surface area contributed by atoms with Crippen LogP contribution in [0.4, 0.5) is 5.13 Å². The molecule has 3 aromatic rings. The molecule has 0 bridgehead atoms. The van der Waals surface area contributed by atoms with Gasteiger partial charge in [-0.1, -0.05) is 29.5 Å². The predicted molar refractivity (Wildman–Crippen MR) is 116 cm³/mol. The van der Waals surface area contributed by atoms with Crippen LogP contribution in [-0.4, -0.2) is 44.2 Å². The molecule has 1 aromatic heterocycles. The molecule has 1 heterocycles. The third-order valence-electron chi connectivity index (χ3n) is 4.55. The molecule has 0 fully saturated rings. The molecule has 0 aliphatic carbocycles. The zero-order valence-corrected chi connectivity index (χ0v) is 18.0. The lowest BCUT2D eigenvalue weighted by Crippen LogP contribution is -2.34. The van der Waals surface area contributed by atoms with Crippen molar-refractivity contribution < 1.29 is 23.8 Å².